The summed E-state index contributed by atoms with van der Waals surface area (Å²) in [4.78, 5) is 38.6. The van der Waals surface area contributed by atoms with Crippen molar-refractivity contribution in [1.82, 2.24) is 10.6 Å². The first kappa shape index (κ1) is 18.0. The van der Waals surface area contributed by atoms with Crippen molar-refractivity contribution >= 4 is 23.5 Å². The van der Waals surface area contributed by atoms with Gasteiger partial charge in [-0.15, -0.1) is 0 Å². The highest BCUT2D eigenvalue weighted by atomic mass is 19.4. The predicted molar refractivity (Wildman–Crippen MR) is 92.2 cm³/mol. The Bertz CT molecular complexity index is 1030. The van der Waals surface area contributed by atoms with Crippen molar-refractivity contribution in [2.75, 3.05) is 4.90 Å². The van der Waals surface area contributed by atoms with Gasteiger partial charge in [-0.25, -0.2) is 4.79 Å². The normalized spacial score (nSPS) is 21.1. The summed E-state index contributed by atoms with van der Waals surface area (Å²) in [5.74, 6) is -1.52. The third-order valence-corrected chi connectivity index (χ3v) is 4.88. The zero-order chi connectivity index (χ0) is 20.3. The highest BCUT2D eigenvalue weighted by Gasteiger charge is 2.61. The highest BCUT2D eigenvalue weighted by molar-refractivity contribution is 6.27. The number of carbonyl (C=O) groups is 3. The molecule has 0 saturated carbocycles. The molecule has 4 amide bonds. The topological polar surface area (TPSA) is 78.5 Å². The highest BCUT2D eigenvalue weighted by Crippen LogP contribution is 2.43. The summed E-state index contributed by atoms with van der Waals surface area (Å²) in [6.07, 6.45) is -4.51. The number of imide groups is 1. The van der Waals surface area contributed by atoms with Crippen molar-refractivity contribution in [2.24, 2.45) is 0 Å². The van der Waals surface area contributed by atoms with E-state index in [1.54, 1.807) is 25.1 Å². The number of hydrogen-bond acceptors (Lipinski definition) is 3. The lowest BCUT2D eigenvalue weighted by atomic mass is 9.90. The number of benzene rings is 2. The molecule has 4 rings (SSSR count). The van der Waals surface area contributed by atoms with E-state index in [0.29, 0.717) is 11.3 Å². The molecule has 28 heavy (non-hydrogen) atoms. The van der Waals surface area contributed by atoms with Crippen LogP contribution in [0.3, 0.4) is 0 Å². The molecule has 6 nitrogen and oxygen atoms in total. The number of amides is 4. The number of hydrogen-bond donors (Lipinski definition) is 2. The molecular weight excluding hydrogens is 375 g/mol. The van der Waals surface area contributed by atoms with Crippen LogP contribution in [0.25, 0.3) is 0 Å². The van der Waals surface area contributed by atoms with E-state index in [1.165, 1.54) is 17.0 Å². The average Bonchev–Trinajstić information content (AvgIpc) is 3.04. The van der Waals surface area contributed by atoms with Crippen molar-refractivity contribution in [1.29, 1.82) is 0 Å². The number of fused-ring (bicyclic) bond motifs is 2. The van der Waals surface area contributed by atoms with Gasteiger partial charge in [-0.05, 0) is 30.7 Å². The molecule has 2 heterocycles. The molecule has 0 aromatic heterocycles. The third-order valence-electron chi connectivity index (χ3n) is 4.88. The fourth-order valence-corrected chi connectivity index (χ4v) is 3.59. The van der Waals surface area contributed by atoms with Crippen molar-refractivity contribution in [2.45, 2.75) is 25.2 Å². The monoisotopic (exact) mass is 389 g/mol. The second-order valence-corrected chi connectivity index (χ2v) is 6.77. The van der Waals surface area contributed by atoms with Crippen LogP contribution in [-0.4, -0.2) is 17.8 Å². The summed E-state index contributed by atoms with van der Waals surface area (Å²) in [5.41, 5.74) is -1.06. The minimum atomic E-state index is -4.51. The Morgan fingerprint density at radius 2 is 1.82 bits per heavy atom. The molecule has 0 radical (unpaired) electrons. The smallest absolute Gasteiger partial charge is 0.312 e. The van der Waals surface area contributed by atoms with E-state index in [1.807, 2.05) is 0 Å². The fourth-order valence-electron chi connectivity index (χ4n) is 3.59. The quantitative estimate of drug-likeness (QED) is 0.612. The molecule has 2 N–H and O–H groups in total. The van der Waals surface area contributed by atoms with Gasteiger partial charge in [-0.1, -0.05) is 29.8 Å². The Kier molecular flexibility index (Phi) is 3.74. The zero-order valence-electron chi connectivity index (χ0n) is 14.6. The lowest BCUT2D eigenvalue weighted by Gasteiger charge is -2.21. The SMILES string of the molecule is Cc1ccc2c(c1)C1(NC(=O)NC1=O)C(=O)N2Cc1cccc(C(F)(F)F)c1. The van der Waals surface area contributed by atoms with Gasteiger partial charge in [-0.3, -0.25) is 14.9 Å². The van der Waals surface area contributed by atoms with Crippen molar-refractivity contribution in [3.8, 4) is 0 Å². The van der Waals surface area contributed by atoms with Gasteiger partial charge in [0.1, 0.15) is 0 Å². The Morgan fingerprint density at radius 1 is 1.07 bits per heavy atom. The van der Waals surface area contributed by atoms with Gasteiger partial charge >= 0.3 is 12.2 Å². The fraction of sp³-hybridized carbons (Fsp3) is 0.211. The molecule has 0 aliphatic carbocycles. The summed E-state index contributed by atoms with van der Waals surface area (Å²) in [5, 5.41) is 4.46. The number of halogens is 3. The van der Waals surface area contributed by atoms with Gasteiger partial charge in [0.15, 0.2) is 0 Å². The second kappa shape index (κ2) is 5.82. The van der Waals surface area contributed by atoms with E-state index in [0.717, 1.165) is 17.7 Å². The summed E-state index contributed by atoms with van der Waals surface area (Å²) >= 11 is 0. The molecule has 2 aromatic rings. The van der Waals surface area contributed by atoms with Gasteiger partial charge in [0.2, 0.25) is 5.54 Å². The molecule has 9 heteroatoms. The summed E-state index contributed by atoms with van der Waals surface area (Å²) in [6, 6.07) is 8.78. The standard InChI is InChI=1S/C19H14F3N3O3/c1-10-5-6-14-13(7-10)18(15(26)23-17(28)24-18)16(27)25(14)9-11-3-2-4-12(8-11)19(20,21)22/h2-8H,9H2,1H3,(H2,23,24,26,28). The first-order valence-electron chi connectivity index (χ1n) is 8.36. The van der Waals surface area contributed by atoms with Crippen LogP contribution < -0.4 is 15.5 Å². The van der Waals surface area contributed by atoms with Gasteiger partial charge in [0.25, 0.3) is 11.8 Å². The maximum atomic E-state index is 13.2. The molecule has 1 saturated heterocycles. The number of anilines is 1. The Morgan fingerprint density at radius 3 is 2.46 bits per heavy atom. The number of nitrogens with zero attached hydrogens (tertiary/aromatic N) is 1. The minimum absolute atomic E-state index is 0.177. The molecule has 1 fully saturated rings. The van der Waals surface area contributed by atoms with Crippen LogP contribution in [0.2, 0.25) is 0 Å². The van der Waals surface area contributed by atoms with Crippen LogP contribution in [0.4, 0.5) is 23.7 Å². The molecule has 0 bridgehead atoms. The first-order valence-corrected chi connectivity index (χ1v) is 8.36. The average molecular weight is 389 g/mol. The van der Waals surface area contributed by atoms with Gasteiger partial charge in [0.05, 0.1) is 17.8 Å². The van der Waals surface area contributed by atoms with E-state index in [4.69, 9.17) is 0 Å². The molecule has 2 aliphatic rings. The lowest BCUT2D eigenvalue weighted by molar-refractivity contribution is -0.137. The third kappa shape index (κ3) is 2.54. The van der Waals surface area contributed by atoms with Crippen molar-refractivity contribution in [3.63, 3.8) is 0 Å². The van der Waals surface area contributed by atoms with Gasteiger partial charge in [-0.2, -0.15) is 13.2 Å². The number of alkyl halides is 3. The molecule has 1 atom stereocenters. The number of carbonyl (C=O) groups excluding carboxylic acids is 3. The summed E-state index contributed by atoms with van der Waals surface area (Å²) in [6.45, 7) is 1.59. The minimum Gasteiger partial charge on any atom is -0.312 e. The maximum Gasteiger partial charge on any atom is 0.416 e. The van der Waals surface area contributed by atoms with E-state index >= 15 is 0 Å². The lowest BCUT2D eigenvalue weighted by Crippen LogP contribution is -2.52. The molecule has 1 spiro atoms. The Balaban J connectivity index is 1.79. The van der Waals surface area contributed by atoms with Crippen LogP contribution in [0, 0.1) is 6.92 Å². The Hall–Kier alpha value is -3.36. The Labute approximate surface area is 157 Å². The van der Waals surface area contributed by atoms with Crippen molar-refractivity contribution in [3.05, 3.63) is 64.7 Å². The second-order valence-electron chi connectivity index (χ2n) is 6.77. The molecular formula is C19H14F3N3O3. The molecule has 2 aliphatic heterocycles. The van der Waals surface area contributed by atoms with Gasteiger partial charge in [0, 0.05) is 5.56 Å². The number of nitrogens with one attached hydrogen (secondary N) is 2. The first-order chi connectivity index (χ1) is 13.1. The number of urea groups is 1. The predicted octanol–water partition coefficient (Wildman–Crippen LogP) is 2.60. The van der Waals surface area contributed by atoms with Crippen LogP contribution >= 0.6 is 0 Å². The van der Waals surface area contributed by atoms with E-state index in [2.05, 4.69) is 10.6 Å². The van der Waals surface area contributed by atoms with E-state index in [-0.39, 0.29) is 12.1 Å². The zero-order valence-corrected chi connectivity index (χ0v) is 14.6. The molecule has 144 valence electrons. The maximum absolute atomic E-state index is 13.2. The summed E-state index contributed by atoms with van der Waals surface area (Å²) < 4.78 is 39.0. The summed E-state index contributed by atoms with van der Waals surface area (Å²) in [7, 11) is 0. The number of aryl methyl sites for hydroxylation is 1. The van der Waals surface area contributed by atoms with E-state index < -0.39 is 35.1 Å². The molecule has 2 aromatic carbocycles. The van der Waals surface area contributed by atoms with Crippen LogP contribution in [-0.2, 0) is 27.8 Å². The van der Waals surface area contributed by atoms with Crippen LogP contribution in [0.5, 0.6) is 0 Å². The largest absolute Gasteiger partial charge is 0.416 e. The van der Waals surface area contributed by atoms with E-state index in [9.17, 15) is 27.6 Å². The van der Waals surface area contributed by atoms with Crippen LogP contribution in [0.15, 0.2) is 42.5 Å². The van der Waals surface area contributed by atoms with Gasteiger partial charge < -0.3 is 10.2 Å². The van der Waals surface area contributed by atoms with Crippen molar-refractivity contribution < 1.29 is 27.6 Å². The molecule has 1 unspecified atom stereocenters. The van der Waals surface area contributed by atoms with Crippen LogP contribution in [0.1, 0.15) is 22.3 Å². The number of rotatable bonds is 2.